The van der Waals surface area contributed by atoms with Crippen LogP contribution in [0.5, 0.6) is 0 Å². The van der Waals surface area contributed by atoms with Crippen molar-refractivity contribution in [3.05, 3.63) is 34.6 Å². The first-order valence-electron chi connectivity index (χ1n) is 3.14. The van der Waals surface area contributed by atoms with E-state index in [-0.39, 0.29) is 10.6 Å². The molecule has 0 aromatic heterocycles. The highest BCUT2D eigenvalue weighted by Gasteiger charge is 2.13. The van der Waals surface area contributed by atoms with Crippen LogP contribution in [-0.2, 0) is 0 Å². The molecule has 0 heterocycles. The molecule has 0 radical (unpaired) electrons. The smallest absolute Gasteiger partial charge is 0.214 e. The summed E-state index contributed by atoms with van der Waals surface area (Å²) in [5.41, 5.74) is -0.315. The molecule has 1 atom stereocenters. The van der Waals surface area contributed by atoms with Crippen LogP contribution in [0, 0.1) is 17.1 Å². The highest BCUT2D eigenvalue weighted by Crippen LogP contribution is 2.23. The van der Waals surface area contributed by atoms with Crippen LogP contribution in [0.3, 0.4) is 0 Å². The monoisotopic (exact) mass is 187 g/mol. The molecule has 62 valence electrons. The quantitative estimate of drug-likeness (QED) is 0.663. The van der Waals surface area contributed by atoms with E-state index < -0.39 is 12.0 Å². The second-order valence-electron chi connectivity index (χ2n) is 2.16. The van der Waals surface area contributed by atoms with Crippen LogP contribution in [0.1, 0.15) is 11.7 Å². The molecule has 0 N–H and O–H groups in total. The Hall–Kier alpha value is -1.14. The maximum Gasteiger partial charge on any atom is 0.214 e. The van der Waals surface area contributed by atoms with Gasteiger partial charge in [-0.25, -0.2) is 8.78 Å². The van der Waals surface area contributed by atoms with Gasteiger partial charge in [0, 0.05) is 10.6 Å². The van der Waals surface area contributed by atoms with Crippen LogP contribution >= 0.6 is 11.6 Å². The summed E-state index contributed by atoms with van der Waals surface area (Å²) in [6.45, 7) is 0. The summed E-state index contributed by atoms with van der Waals surface area (Å²) in [6.07, 6.45) is -1.95. The van der Waals surface area contributed by atoms with Gasteiger partial charge in [-0.05, 0) is 18.2 Å². The van der Waals surface area contributed by atoms with E-state index in [4.69, 9.17) is 16.9 Å². The predicted molar refractivity (Wildman–Crippen MR) is 40.9 cm³/mol. The molecule has 1 nitrogen and oxygen atoms in total. The van der Waals surface area contributed by atoms with Gasteiger partial charge >= 0.3 is 0 Å². The van der Waals surface area contributed by atoms with E-state index in [1.54, 1.807) is 0 Å². The molecule has 12 heavy (non-hydrogen) atoms. The Bertz CT molecular complexity index is 332. The number of nitrogens with zero attached hydrogens (tertiary/aromatic N) is 1. The summed E-state index contributed by atoms with van der Waals surface area (Å²) in [7, 11) is 0. The molecule has 0 amide bonds. The van der Waals surface area contributed by atoms with Gasteiger partial charge in [-0.15, -0.1) is 0 Å². The molecule has 0 fully saturated rings. The lowest BCUT2D eigenvalue weighted by Gasteiger charge is -2.01. The van der Waals surface area contributed by atoms with Crippen molar-refractivity contribution in [1.82, 2.24) is 0 Å². The zero-order valence-electron chi connectivity index (χ0n) is 5.89. The Morgan fingerprint density at radius 2 is 2.17 bits per heavy atom. The van der Waals surface area contributed by atoms with Gasteiger partial charge in [0.2, 0.25) is 6.17 Å². The average molecular weight is 188 g/mol. The topological polar surface area (TPSA) is 23.8 Å². The Morgan fingerprint density at radius 3 is 2.75 bits per heavy atom. The van der Waals surface area contributed by atoms with Crippen molar-refractivity contribution in [1.29, 1.82) is 5.26 Å². The SMILES string of the molecule is N#CC(F)c1cc(Cl)ccc1F. The van der Waals surface area contributed by atoms with Crippen molar-refractivity contribution in [3.63, 3.8) is 0 Å². The maximum absolute atomic E-state index is 12.8. The first-order chi connectivity index (χ1) is 5.65. The zero-order chi connectivity index (χ0) is 9.14. The summed E-state index contributed by atoms with van der Waals surface area (Å²) in [6, 6.07) is 4.71. The molecule has 0 saturated carbocycles. The van der Waals surface area contributed by atoms with Gasteiger partial charge in [0.25, 0.3) is 0 Å². The summed E-state index contributed by atoms with van der Waals surface area (Å²) in [5, 5.41) is 8.38. The van der Waals surface area contributed by atoms with E-state index in [1.807, 2.05) is 0 Å². The van der Waals surface area contributed by atoms with Crippen molar-refractivity contribution < 1.29 is 8.78 Å². The van der Waals surface area contributed by atoms with Crippen molar-refractivity contribution in [2.45, 2.75) is 6.17 Å². The Balaban J connectivity index is 3.15. The third-order valence-electron chi connectivity index (χ3n) is 1.34. The molecule has 1 unspecified atom stereocenters. The van der Waals surface area contributed by atoms with Gasteiger partial charge in [0.1, 0.15) is 11.9 Å². The van der Waals surface area contributed by atoms with Gasteiger partial charge in [0.05, 0.1) is 0 Å². The summed E-state index contributed by atoms with van der Waals surface area (Å²) >= 11 is 5.48. The maximum atomic E-state index is 12.8. The molecule has 0 aliphatic carbocycles. The van der Waals surface area contributed by atoms with E-state index in [1.165, 1.54) is 12.1 Å². The molecule has 1 aromatic rings. The highest BCUT2D eigenvalue weighted by molar-refractivity contribution is 6.30. The fourth-order valence-electron chi connectivity index (χ4n) is 0.778. The highest BCUT2D eigenvalue weighted by atomic mass is 35.5. The number of rotatable bonds is 1. The van der Waals surface area contributed by atoms with Gasteiger partial charge in [-0.1, -0.05) is 11.6 Å². The predicted octanol–water partition coefficient (Wildman–Crippen LogP) is 3.01. The fraction of sp³-hybridized carbons (Fsp3) is 0.125. The van der Waals surface area contributed by atoms with Crippen LogP contribution in [-0.4, -0.2) is 0 Å². The molecular formula is C8H4ClF2N. The summed E-state index contributed by atoms with van der Waals surface area (Å²) in [4.78, 5) is 0. The van der Waals surface area contributed by atoms with Gasteiger partial charge in [-0.3, -0.25) is 0 Å². The number of halogens is 3. The number of hydrogen-bond acceptors (Lipinski definition) is 1. The largest absolute Gasteiger partial charge is 0.226 e. The molecule has 0 aliphatic heterocycles. The molecule has 0 spiro atoms. The number of hydrogen-bond donors (Lipinski definition) is 0. The standard InChI is InChI=1S/C8H4ClF2N/c9-5-1-2-7(10)6(3-5)8(11)4-12/h1-3,8H. The Kier molecular flexibility index (Phi) is 2.61. The first kappa shape index (κ1) is 8.95. The second-order valence-corrected chi connectivity index (χ2v) is 2.59. The van der Waals surface area contributed by atoms with E-state index >= 15 is 0 Å². The minimum atomic E-state index is -1.95. The lowest BCUT2D eigenvalue weighted by atomic mass is 10.1. The number of nitriles is 1. The van der Waals surface area contributed by atoms with Crippen molar-refractivity contribution in [2.75, 3.05) is 0 Å². The fourth-order valence-corrected chi connectivity index (χ4v) is 0.959. The number of benzene rings is 1. The minimum absolute atomic E-state index is 0.212. The van der Waals surface area contributed by atoms with Crippen molar-refractivity contribution in [3.8, 4) is 6.07 Å². The van der Waals surface area contributed by atoms with Gasteiger partial charge in [0.15, 0.2) is 0 Å². The lowest BCUT2D eigenvalue weighted by molar-refractivity contribution is 0.408. The molecule has 4 heteroatoms. The van der Waals surface area contributed by atoms with Crippen molar-refractivity contribution >= 4 is 11.6 Å². The second kappa shape index (κ2) is 3.51. The van der Waals surface area contributed by atoms with Crippen LogP contribution in [0.15, 0.2) is 18.2 Å². The lowest BCUT2D eigenvalue weighted by Crippen LogP contribution is -1.92. The normalized spacial score (nSPS) is 12.2. The molecule has 1 rings (SSSR count). The third kappa shape index (κ3) is 1.72. The zero-order valence-corrected chi connectivity index (χ0v) is 6.65. The molecule has 0 bridgehead atoms. The Labute approximate surface area is 73.2 Å². The van der Waals surface area contributed by atoms with E-state index in [0.717, 1.165) is 12.1 Å². The molecule has 1 aromatic carbocycles. The van der Waals surface area contributed by atoms with Crippen LogP contribution in [0.2, 0.25) is 5.02 Å². The number of alkyl halides is 1. The van der Waals surface area contributed by atoms with Crippen LogP contribution in [0.4, 0.5) is 8.78 Å². The molecular weight excluding hydrogens is 184 g/mol. The van der Waals surface area contributed by atoms with E-state index in [0.29, 0.717) is 0 Å². The van der Waals surface area contributed by atoms with Gasteiger partial charge in [-0.2, -0.15) is 5.26 Å². The summed E-state index contributed by atoms with van der Waals surface area (Å²) in [5.74, 6) is -0.756. The van der Waals surface area contributed by atoms with E-state index in [2.05, 4.69) is 0 Å². The van der Waals surface area contributed by atoms with Crippen molar-refractivity contribution in [2.24, 2.45) is 0 Å². The molecule has 0 aliphatic rings. The third-order valence-corrected chi connectivity index (χ3v) is 1.58. The van der Waals surface area contributed by atoms with E-state index in [9.17, 15) is 8.78 Å². The molecule has 0 saturated heterocycles. The summed E-state index contributed by atoms with van der Waals surface area (Å²) < 4.78 is 25.4. The van der Waals surface area contributed by atoms with Gasteiger partial charge < -0.3 is 0 Å². The Morgan fingerprint density at radius 1 is 1.50 bits per heavy atom. The minimum Gasteiger partial charge on any atom is -0.226 e. The van der Waals surface area contributed by atoms with Crippen LogP contribution < -0.4 is 0 Å². The first-order valence-corrected chi connectivity index (χ1v) is 3.51. The van der Waals surface area contributed by atoms with Crippen LogP contribution in [0.25, 0.3) is 0 Å². The average Bonchev–Trinajstić information content (AvgIpc) is 2.08.